The van der Waals surface area contributed by atoms with E-state index in [1.54, 1.807) is 0 Å². The van der Waals surface area contributed by atoms with Gasteiger partial charge in [0, 0.05) is 42.1 Å². The Morgan fingerprint density at radius 1 is 1.12 bits per heavy atom. The average molecular weight is 442 g/mol. The maximum atomic E-state index is 13.2. The van der Waals surface area contributed by atoms with Crippen LogP contribution in [0.3, 0.4) is 0 Å². The molecule has 2 N–H and O–H groups in total. The molecule has 1 aliphatic carbocycles. The monoisotopic (exact) mass is 441 g/mol. The van der Waals surface area contributed by atoms with Gasteiger partial charge in [0.1, 0.15) is 17.9 Å². The highest BCUT2D eigenvalue weighted by molar-refractivity contribution is 6.00. The summed E-state index contributed by atoms with van der Waals surface area (Å²) in [5.74, 6) is 2.46. The lowest BCUT2D eigenvalue weighted by Gasteiger charge is -2.20. The second kappa shape index (κ2) is 7.09. The molecule has 1 atom stereocenters. The van der Waals surface area contributed by atoms with Crippen molar-refractivity contribution < 1.29 is 9.53 Å². The third-order valence-corrected chi connectivity index (χ3v) is 7.32. The van der Waals surface area contributed by atoms with Crippen LogP contribution >= 0.6 is 0 Å². The Balaban J connectivity index is 1.38. The first-order chi connectivity index (χ1) is 16.2. The number of nitrogens with zero attached hydrogens (tertiary/aromatic N) is 4. The smallest absolute Gasteiger partial charge is 0.254 e. The van der Waals surface area contributed by atoms with E-state index in [0.29, 0.717) is 25.3 Å². The Bertz CT molecular complexity index is 1410. The number of hydrogen-bond acceptors (Lipinski definition) is 4. The van der Waals surface area contributed by atoms with Crippen molar-refractivity contribution in [3.05, 3.63) is 48.0 Å². The fraction of sp³-hybridized carbons (Fsp3) is 0.385. The molecule has 2 aromatic heterocycles. The lowest BCUT2D eigenvalue weighted by Crippen LogP contribution is -2.32. The molecule has 2 aromatic carbocycles. The first-order valence-corrected chi connectivity index (χ1v) is 12.0. The molecule has 33 heavy (non-hydrogen) atoms. The van der Waals surface area contributed by atoms with E-state index in [9.17, 15) is 4.79 Å². The van der Waals surface area contributed by atoms with E-state index in [1.165, 1.54) is 23.7 Å². The predicted octanol–water partition coefficient (Wildman–Crippen LogP) is 3.63. The summed E-state index contributed by atoms with van der Waals surface area (Å²) in [5.41, 5.74) is 10.9. The summed E-state index contributed by atoms with van der Waals surface area (Å²) in [4.78, 5) is 20.1. The summed E-state index contributed by atoms with van der Waals surface area (Å²) in [6.07, 6.45) is 3.44. The predicted molar refractivity (Wildman–Crippen MR) is 127 cm³/mol. The largest absolute Gasteiger partial charge is 0.489 e. The summed E-state index contributed by atoms with van der Waals surface area (Å²) in [6.45, 7) is 3.65. The molecule has 2 fully saturated rings. The highest BCUT2D eigenvalue weighted by Crippen LogP contribution is 2.39. The maximum absolute atomic E-state index is 13.2. The number of para-hydroxylation sites is 1. The van der Waals surface area contributed by atoms with Crippen molar-refractivity contribution in [3.8, 4) is 17.3 Å². The molecule has 1 unspecified atom stereocenters. The number of imidazole rings is 1. The third kappa shape index (κ3) is 3.06. The zero-order chi connectivity index (χ0) is 22.1. The molecule has 1 saturated carbocycles. The van der Waals surface area contributed by atoms with Gasteiger partial charge in [-0.15, -0.1) is 0 Å². The van der Waals surface area contributed by atoms with Crippen LogP contribution in [0.5, 0.6) is 5.75 Å². The number of amides is 1. The molecular formula is C26H27N5O2. The first kappa shape index (κ1) is 19.2. The minimum Gasteiger partial charge on any atom is -0.489 e. The number of hydrogen-bond donors (Lipinski definition) is 1. The van der Waals surface area contributed by atoms with Crippen LogP contribution in [0.25, 0.3) is 33.5 Å². The van der Waals surface area contributed by atoms with Gasteiger partial charge in [0.15, 0.2) is 5.82 Å². The van der Waals surface area contributed by atoms with Crippen molar-refractivity contribution in [2.45, 2.75) is 38.4 Å². The van der Waals surface area contributed by atoms with Crippen molar-refractivity contribution >= 4 is 27.8 Å². The van der Waals surface area contributed by atoms with Gasteiger partial charge in [-0.1, -0.05) is 18.2 Å². The quantitative estimate of drug-likeness (QED) is 0.525. The van der Waals surface area contributed by atoms with E-state index in [2.05, 4.69) is 39.5 Å². The summed E-state index contributed by atoms with van der Waals surface area (Å²) >= 11 is 0. The molecular weight excluding hydrogens is 414 g/mol. The van der Waals surface area contributed by atoms with Gasteiger partial charge in [-0.25, -0.2) is 4.98 Å². The maximum Gasteiger partial charge on any atom is 0.254 e. The molecule has 2 aliphatic heterocycles. The molecule has 1 amide bonds. The SMILES string of the molecule is NC1CCN(C(=O)c2cc3c4c(c2)nc(-c2cc5ccccc5n2CC2CC2)n4CCO3)C1. The normalized spacial score (nSPS) is 20.0. The highest BCUT2D eigenvalue weighted by Gasteiger charge is 2.29. The Labute approximate surface area is 191 Å². The van der Waals surface area contributed by atoms with Crippen molar-refractivity contribution in [1.82, 2.24) is 19.0 Å². The Kier molecular flexibility index (Phi) is 4.12. The van der Waals surface area contributed by atoms with Crippen molar-refractivity contribution in [2.75, 3.05) is 19.7 Å². The Morgan fingerprint density at radius 3 is 2.82 bits per heavy atom. The van der Waals surface area contributed by atoms with E-state index in [4.69, 9.17) is 15.5 Å². The van der Waals surface area contributed by atoms with Gasteiger partial charge in [0.25, 0.3) is 5.91 Å². The highest BCUT2D eigenvalue weighted by atomic mass is 16.5. The van der Waals surface area contributed by atoms with Crippen LogP contribution in [0.15, 0.2) is 42.5 Å². The van der Waals surface area contributed by atoms with Crippen molar-refractivity contribution in [1.29, 1.82) is 0 Å². The average Bonchev–Trinajstić information content (AvgIpc) is 3.25. The summed E-state index contributed by atoms with van der Waals surface area (Å²) in [5, 5.41) is 1.24. The van der Waals surface area contributed by atoms with Gasteiger partial charge in [0.05, 0.1) is 17.8 Å². The van der Waals surface area contributed by atoms with E-state index in [1.807, 2.05) is 17.0 Å². The fourth-order valence-electron chi connectivity index (χ4n) is 5.43. The number of fused-ring (bicyclic) bond motifs is 1. The molecule has 7 nitrogen and oxygen atoms in total. The summed E-state index contributed by atoms with van der Waals surface area (Å²) in [7, 11) is 0. The topological polar surface area (TPSA) is 78.3 Å². The summed E-state index contributed by atoms with van der Waals surface area (Å²) < 4.78 is 10.7. The first-order valence-electron chi connectivity index (χ1n) is 12.0. The van der Waals surface area contributed by atoms with Crippen LogP contribution < -0.4 is 10.5 Å². The molecule has 0 spiro atoms. The third-order valence-electron chi connectivity index (χ3n) is 7.32. The van der Waals surface area contributed by atoms with Gasteiger partial charge in [-0.3, -0.25) is 4.79 Å². The lowest BCUT2D eigenvalue weighted by molar-refractivity contribution is 0.0790. The zero-order valence-electron chi connectivity index (χ0n) is 18.5. The second-order valence-electron chi connectivity index (χ2n) is 9.72. The van der Waals surface area contributed by atoms with Gasteiger partial charge in [0.2, 0.25) is 0 Å². The van der Waals surface area contributed by atoms with E-state index in [0.717, 1.165) is 53.7 Å². The zero-order valence-corrected chi connectivity index (χ0v) is 18.5. The number of ether oxygens (including phenoxy) is 1. The van der Waals surface area contributed by atoms with Crippen LogP contribution in [0.2, 0.25) is 0 Å². The molecule has 0 radical (unpaired) electrons. The molecule has 3 aliphatic rings. The molecule has 4 aromatic rings. The van der Waals surface area contributed by atoms with Crippen LogP contribution in [-0.4, -0.2) is 50.7 Å². The number of aromatic nitrogens is 3. The van der Waals surface area contributed by atoms with Crippen LogP contribution in [0, 0.1) is 5.92 Å². The van der Waals surface area contributed by atoms with E-state index >= 15 is 0 Å². The van der Waals surface area contributed by atoms with E-state index in [-0.39, 0.29) is 11.9 Å². The number of benzene rings is 2. The van der Waals surface area contributed by atoms with Gasteiger partial charge >= 0.3 is 0 Å². The molecule has 7 rings (SSSR count). The molecule has 4 heterocycles. The number of likely N-dealkylation sites (tertiary alicyclic amines) is 1. The Morgan fingerprint density at radius 2 is 2.00 bits per heavy atom. The molecule has 168 valence electrons. The molecule has 0 bridgehead atoms. The number of carbonyl (C=O) groups is 1. The number of nitrogens with two attached hydrogens (primary N) is 1. The standard InChI is InChI=1S/C26H27N5O2/c27-19-7-8-29(15-19)26(32)18-11-20-24-23(13-18)33-10-9-30(24)25(28-20)22-12-17-3-1-2-4-21(17)31(22)14-16-5-6-16/h1-4,11-13,16,19H,5-10,14-15,27H2. The minimum absolute atomic E-state index is 0.00854. The fourth-order valence-corrected chi connectivity index (χ4v) is 5.43. The van der Waals surface area contributed by atoms with Crippen LogP contribution in [0.1, 0.15) is 29.6 Å². The number of rotatable bonds is 4. The van der Waals surface area contributed by atoms with Crippen LogP contribution in [0.4, 0.5) is 0 Å². The Hall–Kier alpha value is -3.32. The number of carbonyl (C=O) groups excluding carboxylic acids is 1. The molecule has 7 heteroatoms. The van der Waals surface area contributed by atoms with E-state index < -0.39 is 0 Å². The lowest BCUT2D eigenvalue weighted by atomic mass is 10.1. The van der Waals surface area contributed by atoms with Gasteiger partial charge in [-0.2, -0.15) is 0 Å². The molecule has 1 saturated heterocycles. The summed E-state index contributed by atoms with van der Waals surface area (Å²) in [6, 6.07) is 14.7. The van der Waals surface area contributed by atoms with Crippen LogP contribution in [-0.2, 0) is 13.1 Å². The van der Waals surface area contributed by atoms with Crippen molar-refractivity contribution in [2.24, 2.45) is 11.7 Å². The minimum atomic E-state index is 0.00854. The van der Waals surface area contributed by atoms with Crippen molar-refractivity contribution in [3.63, 3.8) is 0 Å². The van der Waals surface area contributed by atoms with Gasteiger partial charge < -0.3 is 24.5 Å². The van der Waals surface area contributed by atoms with Gasteiger partial charge in [-0.05, 0) is 49.4 Å². The second-order valence-corrected chi connectivity index (χ2v) is 9.72.